The molecule has 0 bridgehead atoms. The Labute approximate surface area is 180 Å². The number of hydrogen-bond donors (Lipinski definition) is 1. The van der Waals surface area contributed by atoms with Gasteiger partial charge in [-0.05, 0) is 48.5 Å². The van der Waals surface area contributed by atoms with Crippen molar-refractivity contribution in [2.75, 3.05) is 5.32 Å². The minimum Gasteiger partial charge on any atom is -0.486 e. The van der Waals surface area contributed by atoms with Crippen LogP contribution in [0.4, 0.5) is 18.9 Å². The van der Waals surface area contributed by atoms with Crippen molar-refractivity contribution in [3.8, 4) is 17.9 Å². The standard InChI is InChI=1S/C23H14F3N3O3/c24-23(25,26)20-3-1-2-4-21(20)29-22(30)16(13-28)11-18-9-10-19(32-18)14-31-17-7-5-15(12-27)6-8-17/h1-11H,14H2,(H,29,30)/b16-11-. The predicted molar refractivity (Wildman–Crippen MR) is 108 cm³/mol. The molecule has 160 valence electrons. The molecule has 6 nitrogen and oxygen atoms in total. The molecule has 0 spiro atoms. The Morgan fingerprint density at radius 1 is 1.06 bits per heavy atom. The van der Waals surface area contributed by atoms with E-state index in [1.54, 1.807) is 36.4 Å². The number of para-hydroxylation sites is 1. The quantitative estimate of drug-likeness (QED) is 0.417. The van der Waals surface area contributed by atoms with E-state index in [-0.39, 0.29) is 12.4 Å². The van der Waals surface area contributed by atoms with Crippen molar-refractivity contribution in [2.24, 2.45) is 0 Å². The van der Waals surface area contributed by atoms with Gasteiger partial charge in [0, 0.05) is 6.08 Å². The Morgan fingerprint density at radius 2 is 1.78 bits per heavy atom. The minimum absolute atomic E-state index is 0.0484. The topological polar surface area (TPSA) is 99.0 Å². The lowest BCUT2D eigenvalue weighted by Crippen LogP contribution is -2.17. The van der Waals surface area contributed by atoms with Gasteiger partial charge < -0.3 is 14.5 Å². The van der Waals surface area contributed by atoms with Crippen molar-refractivity contribution >= 4 is 17.7 Å². The molecule has 0 fully saturated rings. The zero-order chi connectivity index (χ0) is 23.1. The highest BCUT2D eigenvalue weighted by atomic mass is 19.4. The SMILES string of the molecule is N#C/C(=C/c1ccc(COc2ccc(C#N)cc2)o1)C(=O)Nc1ccccc1C(F)(F)F. The van der Waals surface area contributed by atoms with Crippen LogP contribution >= 0.6 is 0 Å². The monoisotopic (exact) mass is 437 g/mol. The summed E-state index contributed by atoms with van der Waals surface area (Å²) in [7, 11) is 0. The van der Waals surface area contributed by atoms with Gasteiger partial charge in [0.25, 0.3) is 5.91 Å². The highest BCUT2D eigenvalue weighted by Crippen LogP contribution is 2.34. The molecule has 9 heteroatoms. The Balaban J connectivity index is 1.69. The highest BCUT2D eigenvalue weighted by molar-refractivity contribution is 6.09. The molecule has 0 aliphatic heterocycles. The lowest BCUT2D eigenvalue weighted by molar-refractivity contribution is -0.137. The van der Waals surface area contributed by atoms with E-state index in [0.29, 0.717) is 17.1 Å². The first kappa shape index (κ1) is 22.2. The Hall–Kier alpha value is -4.50. The van der Waals surface area contributed by atoms with Gasteiger partial charge in [-0.1, -0.05) is 12.1 Å². The van der Waals surface area contributed by atoms with E-state index >= 15 is 0 Å². The van der Waals surface area contributed by atoms with Gasteiger partial charge in [-0.2, -0.15) is 23.7 Å². The van der Waals surface area contributed by atoms with E-state index in [9.17, 15) is 23.2 Å². The van der Waals surface area contributed by atoms with Crippen LogP contribution in [-0.4, -0.2) is 5.91 Å². The number of ether oxygens (including phenoxy) is 1. The molecule has 0 aliphatic rings. The summed E-state index contributed by atoms with van der Waals surface area (Å²) < 4.78 is 50.3. The number of nitrogens with one attached hydrogen (secondary N) is 1. The summed E-state index contributed by atoms with van der Waals surface area (Å²) in [5, 5.41) is 20.2. The molecule has 3 aromatic rings. The normalized spacial score (nSPS) is 11.3. The highest BCUT2D eigenvalue weighted by Gasteiger charge is 2.33. The van der Waals surface area contributed by atoms with E-state index in [4.69, 9.17) is 14.4 Å². The molecule has 0 atom stereocenters. The van der Waals surface area contributed by atoms with Crippen LogP contribution in [0.5, 0.6) is 5.75 Å². The minimum atomic E-state index is -4.66. The summed E-state index contributed by atoms with van der Waals surface area (Å²) in [4.78, 5) is 12.3. The summed E-state index contributed by atoms with van der Waals surface area (Å²) in [5.74, 6) is 0.0499. The Kier molecular flexibility index (Phi) is 6.62. The predicted octanol–water partition coefficient (Wildman–Crippen LogP) is 5.29. The Morgan fingerprint density at radius 3 is 2.44 bits per heavy atom. The van der Waals surface area contributed by atoms with Crippen molar-refractivity contribution in [1.82, 2.24) is 0 Å². The number of amides is 1. The molecule has 1 amide bonds. The van der Waals surface area contributed by atoms with Crippen molar-refractivity contribution < 1.29 is 27.1 Å². The molecule has 3 rings (SSSR count). The fourth-order valence-corrected chi connectivity index (χ4v) is 2.65. The largest absolute Gasteiger partial charge is 0.486 e. The molecule has 2 aromatic carbocycles. The van der Waals surface area contributed by atoms with Crippen LogP contribution in [0, 0.1) is 22.7 Å². The third-order valence-corrected chi connectivity index (χ3v) is 4.18. The molecule has 32 heavy (non-hydrogen) atoms. The summed E-state index contributed by atoms with van der Waals surface area (Å²) in [5.41, 5.74) is -1.42. The molecule has 0 saturated carbocycles. The number of rotatable bonds is 6. The van der Waals surface area contributed by atoms with Crippen LogP contribution in [0.1, 0.15) is 22.6 Å². The van der Waals surface area contributed by atoms with Crippen LogP contribution in [0.25, 0.3) is 6.08 Å². The van der Waals surface area contributed by atoms with Gasteiger partial charge in [-0.3, -0.25) is 4.79 Å². The lowest BCUT2D eigenvalue weighted by atomic mass is 10.1. The van der Waals surface area contributed by atoms with E-state index in [1.807, 2.05) is 6.07 Å². The van der Waals surface area contributed by atoms with Gasteiger partial charge in [-0.25, -0.2) is 0 Å². The number of nitrogens with zero attached hydrogens (tertiary/aromatic N) is 2. The molecule has 0 aliphatic carbocycles. The van der Waals surface area contributed by atoms with Crippen LogP contribution in [-0.2, 0) is 17.6 Å². The van der Waals surface area contributed by atoms with Crippen molar-refractivity contribution in [1.29, 1.82) is 10.5 Å². The van der Waals surface area contributed by atoms with Crippen LogP contribution < -0.4 is 10.1 Å². The second kappa shape index (κ2) is 9.54. The number of carbonyl (C=O) groups is 1. The summed E-state index contributed by atoms with van der Waals surface area (Å²) in [6, 6.07) is 17.6. The average Bonchev–Trinajstić information content (AvgIpc) is 3.23. The molecule has 1 aromatic heterocycles. The van der Waals surface area contributed by atoms with E-state index in [0.717, 1.165) is 18.2 Å². The van der Waals surface area contributed by atoms with E-state index in [1.165, 1.54) is 18.2 Å². The number of benzene rings is 2. The molecule has 0 radical (unpaired) electrons. The second-order valence-electron chi connectivity index (χ2n) is 6.40. The van der Waals surface area contributed by atoms with Crippen LogP contribution in [0.15, 0.2) is 70.7 Å². The number of halogens is 3. The number of anilines is 1. The first-order valence-corrected chi connectivity index (χ1v) is 9.11. The Bertz CT molecular complexity index is 1230. The molecular formula is C23H14F3N3O3. The first-order chi connectivity index (χ1) is 15.3. The van der Waals surface area contributed by atoms with Gasteiger partial charge in [0.1, 0.15) is 35.5 Å². The molecule has 1 heterocycles. The fraction of sp³-hybridized carbons (Fsp3) is 0.0870. The molecule has 0 unspecified atom stereocenters. The number of nitriles is 2. The average molecular weight is 437 g/mol. The van der Waals surface area contributed by atoms with Gasteiger partial charge in [0.2, 0.25) is 0 Å². The van der Waals surface area contributed by atoms with Gasteiger partial charge in [0.15, 0.2) is 0 Å². The molecular weight excluding hydrogens is 423 g/mol. The number of hydrogen-bond acceptors (Lipinski definition) is 5. The second-order valence-corrected chi connectivity index (χ2v) is 6.40. The van der Waals surface area contributed by atoms with Crippen LogP contribution in [0.3, 0.4) is 0 Å². The summed E-state index contributed by atoms with van der Waals surface area (Å²) in [6.45, 7) is 0.0484. The molecule has 1 N–H and O–H groups in total. The van der Waals surface area contributed by atoms with E-state index in [2.05, 4.69) is 5.32 Å². The number of alkyl halides is 3. The summed E-state index contributed by atoms with van der Waals surface area (Å²) in [6.07, 6.45) is -3.54. The zero-order valence-electron chi connectivity index (χ0n) is 16.3. The fourth-order valence-electron chi connectivity index (χ4n) is 2.65. The van der Waals surface area contributed by atoms with Gasteiger partial charge in [-0.15, -0.1) is 0 Å². The third-order valence-electron chi connectivity index (χ3n) is 4.18. The molecule has 0 saturated heterocycles. The van der Waals surface area contributed by atoms with Crippen molar-refractivity contribution in [3.63, 3.8) is 0 Å². The maximum Gasteiger partial charge on any atom is 0.418 e. The maximum absolute atomic E-state index is 13.1. The third kappa shape index (κ3) is 5.55. The maximum atomic E-state index is 13.1. The smallest absolute Gasteiger partial charge is 0.418 e. The van der Waals surface area contributed by atoms with Gasteiger partial charge >= 0.3 is 6.18 Å². The number of carbonyl (C=O) groups excluding carboxylic acids is 1. The summed E-state index contributed by atoms with van der Waals surface area (Å²) >= 11 is 0. The lowest BCUT2D eigenvalue weighted by Gasteiger charge is -2.13. The van der Waals surface area contributed by atoms with Crippen LogP contribution in [0.2, 0.25) is 0 Å². The van der Waals surface area contributed by atoms with Gasteiger partial charge in [0.05, 0.1) is 22.9 Å². The zero-order valence-corrected chi connectivity index (χ0v) is 16.3. The van der Waals surface area contributed by atoms with Crippen molar-refractivity contribution in [3.05, 3.63) is 88.9 Å². The van der Waals surface area contributed by atoms with E-state index < -0.39 is 28.9 Å². The van der Waals surface area contributed by atoms with Crippen molar-refractivity contribution in [2.45, 2.75) is 12.8 Å². The number of furan rings is 1. The first-order valence-electron chi connectivity index (χ1n) is 9.11.